The van der Waals surface area contributed by atoms with E-state index in [1.54, 1.807) is 14.7 Å². The Morgan fingerprint density at radius 3 is 0.982 bits per heavy atom. The van der Waals surface area contributed by atoms with E-state index in [0.717, 1.165) is 16.7 Å². The summed E-state index contributed by atoms with van der Waals surface area (Å²) in [5, 5.41) is 49.6. The van der Waals surface area contributed by atoms with Crippen molar-refractivity contribution in [3.8, 4) is 0 Å². The van der Waals surface area contributed by atoms with Gasteiger partial charge < -0.3 is 53.8 Å². The molecule has 3 aromatic carbocycles. The van der Waals surface area contributed by atoms with Crippen molar-refractivity contribution in [3.63, 3.8) is 0 Å². The largest absolute Gasteiger partial charge is 3.00 e. The number of hydrogen-bond donors (Lipinski definition) is 0. The smallest absolute Gasteiger partial charge is 0.549 e. The number of carboxylic acids is 4. The van der Waals surface area contributed by atoms with E-state index in [1.807, 2.05) is 91.0 Å². The van der Waals surface area contributed by atoms with Crippen molar-refractivity contribution in [2.24, 2.45) is 0 Å². The fraction of sp³-hybridized carbons (Fsp3) is 0.450. The molecule has 16 heteroatoms. The van der Waals surface area contributed by atoms with E-state index in [-0.39, 0.29) is 132 Å². The van der Waals surface area contributed by atoms with Crippen molar-refractivity contribution in [1.29, 1.82) is 0 Å². The molecule has 1 aliphatic rings. The van der Waals surface area contributed by atoms with Gasteiger partial charge in [-0.3, -0.25) is 19.6 Å². The molecule has 56 heavy (non-hydrogen) atoms. The normalized spacial score (nSPS) is 17.0. The second kappa shape index (κ2) is 25.8. The molecule has 0 amide bonds. The SMILES string of the molecule is O=C([O-])CN1CCN(C(COCc2ccccc2)C(=O)[O-])CCN(C(COCc2ccccc2)C(=O)[O-])CCN(C(COCc2ccccc2)C(=O)[O-])CC1.[Gd+3]. The molecule has 1 fully saturated rings. The van der Waals surface area contributed by atoms with Crippen LogP contribution in [0.4, 0.5) is 0 Å². The van der Waals surface area contributed by atoms with Crippen LogP contribution in [0.5, 0.6) is 0 Å². The second-order valence-electron chi connectivity index (χ2n) is 13.3. The van der Waals surface area contributed by atoms with Crippen molar-refractivity contribution in [3.05, 3.63) is 108 Å². The quantitative estimate of drug-likeness (QED) is 0.111. The Morgan fingerprint density at radius 2 is 0.732 bits per heavy atom. The van der Waals surface area contributed by atoms with Crippen LogP contribution in [0.25, 0.3) is 0 Å². The maximum absolute atomic E-state index is 12.7. The number of rotatable bonds is 20. The van der Waals surface area contributed by atoms with E-state index in [9.17, 15) is 39.6 Å². The van der Waals surface area contributed by atoms with E-state index in [1.165, 1.54) is 4.90 Å². The summed E-state index contributed by atoms with van der Waals surface area (Å²) in [6.45, 7) is -0.755. The van der Waals surface area contributed by atoms with Crippen LogP contribution in [-0.2, 0) is 53.2 Å². The molecule has 0 aliphatic carbocycles. The molecule has 0 N–H and O–H groups in total. The molecule has 1 radical (unpaired) electrons. The molecule has 0 aromatic heterocycles. The van der Waals surface area contributed by atoms with Crippen molar-refractivity contribution in [2.75, 3.05) is 78.7 Å². The number of hydrogen-bond acceptors (Lipinski definition) is 15. The Hall–Kier alpha value is -3.42. The van der Waals surface area contributed by atoms with Gasteiger partial charge in [-0.2, -0.15) is 0 Å². The van der Waals surface area contributed by atoms with Gasteiger partial charge in [0.1, 0.15) is 0 Å². The second-order valence-corrected chi connectivity index (χ2v) is 13.3. The predicted octanol–water partition coefficient (Wildman–Crippen LogP) is -3.04. The summed E-state index contributed by atoms with van der Waals surface area (Å²) in [5.41, 5.74) is 2.49. The summed E-state index contributed by atoms with van der Waals surface area (Å²) in [7, 11) is 0. The van der Waals surface area contributed by atoms with Crippen molar-refractivity contribution in [1.82, 2.24) is 19.6 Å². The number of nitrogens with zero attached hydrogens (tertiary/aromatic N) is 4. The first kappa shape index (κ1) is 47.0. The first-order valence-corrected chi connectivity index (χ1v) is 18.2. The number of ether oxygens (including phenoxy) is 3. The van der Waals surface area contributed by atoms with Crippen molar-refractivity contribution in [2.45, 2.75) is 37.9 Å². The zero-order chi connectivity index (χ0) is 39.4. The number of carboxylic acid groups (broad SMARTS) is 4. The van der Waals surface area contributed by atoms with Gasteiger partial charge in [-0.15, -0.1) is 0 Å². The number of aliphatic carboxylic acids is 4. The van der Waals surface area contributed by atoms with Crippen LogP contribution in [0.3, 0.4) is 0 Å². The van der Waals surface area contributed by atoms with Crippen molar-refractivity contribution < 1.29 is 93.8 Å². The third-order valence-corrected chi connectivity index (χ3v) is 9.41. The molecule has 1 saturated heterocycles. The Labute approximate surface area is 359 Å². The predicted molar refractivity (Wildman–Crippen MR) is 191 cm³/mol. The number of benzene rings is 3. The first-order chi connectivity index (χ1) is 26.6. The van der Waals surface area contributed by atoms with Crippen LogP contribution in [-0.4, -0.2) is 140 Å². The van der Waals surface area contributed by atoms with Crippen LogP contribution in [0.2, 0.25) is 0 Å². The van der Waals surface area contributed by atoms with Crippen LogP contribution < -0.4 is 20.4 Å². The van der Waals surface area contributed by atoms with E-state index in [2.05, 4.69) is 0 Å². The Bertz CT molecular complexity index is 1530. The fourth-order valence-corrected chi connectivity index (χ4v) is 6.33. The molecule has 4 rings (SSSR count). The zero-order valence-electron chi connectivity index (χ0n) is 31.1. The van der Waals surface area contributed by atoms with Gasteiger partial charge in [0.25, 0.3) is 0 Å². The standard InChI is InChI=1S/C40H52N4O11.Gd/c45-37(46)24-41-16-18-42(34(38(47)48)28-53-25-31-10-4-1-5-11-31)20-22-44(36(40(51)52)30-55-27-33-14-8-3-9-15-33)23-21-43(19-17-41)35(39(49)50)29-54-26-32-12-6-2-7-13-32;/h1-15,34-36H,16-30H2,(H,45,46)(H,47,48)(H,49,50)(H,51,52);/q;+3/p-4. The summed E-state index contributed by atoms with van der Waals surface area (Å²) in [6, 6.07) is 23.7. The molecule has 0 bridgehead atoms. The summed E-state index contributed by atoms with van der Waals surface area (Å²) in [6.07, 6.45) is 0. The van der Waals surface area contributed by atoms with Crippen LogP contribution in [0.1, 0.15) is 16.7 Å². The van der Waals surface area contributed by atoms with E-state index in [0.29, 0.717) is 0 Å². The summed E-state index contributed by atoms with van der Waals surface area (Å²) in [5.74, 6) is -5.63. The van der Waals surface area contributed by atoms with Crippen LogP contribution in [0.15, 0.2) is 91.0 Å². The van der Waals surface area contributed by atoms with Crippen LogP contribution in [0, 0.1) is 39.9 Å². The first-order valence-electron chi connectivity index (χ1n) is 18.2. The average molecular weight is 918 g/mol. The fourth-order valence-electron chi connectivity index (χ4n) is 6.33. The maximum Gasteiger partial charge on any atom is 3.00 e. The Balaban J connectivity index is 0.00000841. The molecule has 1 aliphatic heterocycles. The summed E-state index contributed by atoms with van der Waals surface area (Å²) in [4.78, 5) is 55.8. The summed E-state index contributed by atoms with van der Waals surface area (Å²) < 4.78 is 17.4. The van der Waals surface area contributed by atoms with Gasteiger partial charge in [0.15, 0.2) is 0 Å². The van der Waals surface area contributed by atoms with Gasteiger partial charge in [-0.1, -0.05) is 91.0 Å². The van der Waals surface area contributed by atoms with Gasteiger partial charge in [-0.05, 0) is 16.7 Å². The molecule has 3 aromatic rings. The maximum atomic E-state index is 12.7. The average Bonchev–Trinajstić information content (AvgIpc) is 3.16. The minimum absolute atomic E-state index is 0. The van der Waals surface area contributed by atoms with Gasteiger partial charge in [-0.25, -0.2) is 0 Å². The molecule has 15 nitrogen and oxygen atoms in total. The van der Waals surface area contributed by atoms with Gasteiger partial charge in [0, 0.05) is 58.9 Å². The molecule has 3 unspecified atom stereocenters. The molecule has 3 atom stereocenters. The Morgan fingerprint density at radius 1 is 0.464 bits per heavy atom. The van der Waals surface area contributed by atoms with Crippen molar-refractivity contribution >= 4 is 23.9 Å². The minimum Gasteiger partial charge on any atom is -0.549 e. The van der Waals surface area contributed by atoms with E-state index < -0.39 is 48.5 Å². The summed E-state index contributed by atoms with van der Waals surface area (Å²) >= 11 is 0. The third-order valence-electron chi connectivity index (χ3n) is 9.41. The Kier molecular flexibility index (Phi) is 21.6. The van der Waals surface area contributed by atoms with E-state index >= 15 is 0 Å². The third kappa shape index (κ3) is 16.6. The molecule has 0 saturated carbocycles. The van der Waals surface area contributed by atoms with E-state index in [4.69, 9.17) is 14.2 Å². The zero-order valence-corrected chi connectivity index (χ0v) is 33.4. The van der Waals surface area contributed by atoms with Gasteiger partial charge >= 0.3 is 39.9 Å². The molecular weight excluding hydrogens is 870 g/mol. The molecule has 1 heterocycles. The topological polar surface area (TPSA) is 201 Å². The molecular formula is C40H48GdN4O11-. The molecule has 0 spiro atoms. The van der Waals surface area contributed by atoms with Gasteiger partial charge in [0.2, 0.25) is 0 Å². The monoisotopic (exact) mass is 918 g/mol. The van der Waals surface area contributed by atoms with Gasteiger partial charge in [0.05, 0.1) is 81.6 Å². The molecule has 303 valence electrons. The number of carbonyl (C=O) groups excluding carboxylic acids is 4. The number of carbonyl (C=O) groups is 4. The van der Waals surface area contributed by atoms with Crippen LogP contribution >= 0.6 is 0 Å². The minimum atomic E-state index is -1.43.